The van der Waals surface area contributed by atoms with Gasteiger partial charge in [-0.2, -0.15) is 18.3 Å². The first-order valence-corrected chi connectivity index (χ1v) is 18.4. The van der Waals surface area contributed by atoms with Gasteiger partial charge in [0.25, 0.3) is 5.91 Å². The molecule has 0 bridgehead atoms. The van der Waals surface area contributed by atoms with E-state index in [1.165, 1.54) is 6.07 Å². The number of hydrogen-bond donors (Lipinski definition) is 3. The highest BCUT2D eigenvalue weighted by molar-refractivity contribution is 9.10. The van der Waals surface area contributed by atoms with Crippen LogP contribution in [0.4, 0.5) is 23.7 Å². The zero-order valence-electron chi connectivity index (χ0n) is 30.0. The van der Waals surface area contributed by atoms with Gasteiger partial charge in [0.2, 0.25) is 0 Å². The van der Waals surface area contributed by atoms with Crippen molar-refractivity contribution in [2.24, 2.45) is 5.92 Å². The summed E-state index contributed by atoms with van der Waals surface area (Å²) in [7, 11) is 0. The summed E-state index contributed by atoms with van der Waals surface area (Å²) in [5.74, 6) is 0.504. The predicted octanol–water partition coefficient (Wildman–Crippen LogP) is 9.60. The van der Waals surface area contributed by atoms with Crippen molar-refractivity contribution < 1.29 is 32.2 Å². The summed E-state index contributed by atoms with van der Waals surface area (Å²) in [6, 6.07) is 29.9. The van der Waals surface area contributed by atoms with E-state index in [9.17, 15) is 22.8 Å². The van der Waals surface area contributed by atoms with Crippen molar-refractivity contribution in [2.75, 3.05) is 11.9 Å². The van der Waals surface area contributed by atoms with E-state index in [2.05, 4.69) is 37.0 Å². The molecule has 1 unspecified atom stereocenters. The van der Waals surface area contributed by atoms with Crippen LogP contribution in [0.1, 0.15) is 78.1 Å². The second-order valence-electron chi connectivity index (χ2n) is 14.2. The summed E-state index contributed by atoms with van der Waals surface area (Å²) in [4.78, 5) is 25.9. The number of ether oxygens (including phenoxy) is 2. The van der Waals surface area contributed by atoms with E-state index in [4.69, 9.17) is 9.47 Å². The van der Waals surface area contributed by atoms with E-state index in [1.807, 2.05) is 60.7 Å². The lowest BCUT2D eigenvalue weighted by atomic mass is 9.97. The quantitative estimate of drug-likeness (QED) is 0.110. The first-order chi connectivity index (χ1) is 25.7. The number of aromatic nitrogens is 2. The van der Waals surface area contributed by atoms with E-state index in [0.717, 1.165) is 51.3 Å². The molecule has 1 saturated carbocycles. The Morgan fingerprint density at radius 1 is 0.889 bits per heavy atom. The lowest BCUT2D eigenvalue weighted by Gasteiger charge is -2.22. The molecule has 1 aliphatic rings. The maximum Gasteiger partial charge on any atom is 0.435 e. The number of nitrogens with zero attached hydrogens (tertiary/aromatic N) is 2. The van der Waals surface area contributed by atoms with E-state index in [0.29, 0.717) is 29.5 Å². The number of nitrogens with one attached hydrogen (secondary N) is 3. The Balaban J connectivity index is 1.23. The summed E-state index contributed by atoms with van der Waals surface area (Å²) in [5.41, 5.74) is 1.80. The number of hydrogen-bond acceptors (Lipinski definition) is 6. The van der Waals surface area contributed by atoms with Gasteiger partial charge in [-0.3, -0.25) is 4.79 Å². The summed E-state index contributed by atoms with van der Waals surface area (Å²) in [6.45, 7) is 6.47. The lowest BCUT2D eigenvalue weighted by Crippen LogP contribution is -2.32. The third-order valence-electron chi connectivity index (χ3n) is 8.54. The second-order valence-corrected chi connectivity index (χ2v) is 15.0. The first kappa shape index (κ1) is 38.6. The van der Waals surface area contributed by atoms with Crippen LogP contribution < -0.4 is 20.7 Å². The first-order valence-electron chi connectivity index (χ1n) is 17.6. The summed E-state index contributed by atoms with van der Waals surface area (Å²) >= 11 is 3.68. The van der Waals surface area contributed by atoms with Crippen molar-refractivity contribution in [3.8, 4) is 11.4 Å². The van der Waals surface area contributed by atoms with Crippen LogP contribution in [0, 0.1) is 5.92 Å². The number of amides is 2. The molecule has 9 nitrogen and oxygen atoms in total. The molecule has 0 spiro atoms. The molecule has 282 valence electrons. The van der Waals surface area contributed by atoms with Crippen LogP contribution in [-0.2, 0) is 24.1 Å². The minimum absolute atomic E-state index is 0.0421. The minimum atomic E-state index is -4.80. The predicted molar refractivity (Wildman–Crippen MR) is 204 cm³/mol. The van der Waals surface area contributed by atoms with E-state index in [1.54, 1.807) is 51.1 Å². The van der Waals surface area contributed by atoms with Crippen molar-refractivity contribution in [3.05, 3.63) is 141 Å². The molecule has 5 aromatic rings. The van der Waals surface area contributed by atoms with Crippen molar-refractivity contribution in [1.82, 2.24) is 20.4 Å². The maximum atomic E-state index is 13.9. The number of benzene rings is 4. The van der Waals surface area contributed by atoms with Crippen molar-refractivity contribution in [2.45, 2.75) is 64.6 Å². The Kier molecular flexibility index (Phi) is 11.8. The number of carbonyl (C=O) groups excluding carboxylic acids is 2. The third kappa shape index (κ3) is 10.5. The van der Waals surface area contributed by atoms with Gasteiger partial charge in [-0.15, -0.1) is 0 Å². The molecule has 1 atom stereocenters. The molecule has 0 aliphatic heterocycles. The van der Waals surface area contributed by atoms with Crippen LogP contribution >= 0.6 is 15.9 Å². The highest BCUT2D eigenvalue weighted by Crippen LogP contribution is 2.35. The molecule has 0 saturated heterocycles. The Labute approximate surface area is 320 Å². The molecule has 1 aliphatic carbocycles. The van der Waals surface area contributed by atoms with Crippen molar-refractivity contribution >= 4 is 33.6 Å². The Morgan fingerprint density at radius 2 is 1.61 bits per heavy atom. The molecule has 1 aromatic heterocycles. The zero-order chi connectivity index (χ0) is 38.5. The van der Waals surface area contributed by atoms with Gasteiger partial charge >= 0.3 is 12.3 Å². The highest BCUT2D eigenvalue weighted by atomic mass is 79.9. The van der Waals surface area contributed by atoms with Gasteiger partial charge in [0.1, 0.15) is 23.7 Å². The lowest BCUT2D eigenvalue weighted by molar-refractivity contribution is -0.141. The second kappa shape index (κ2) is 16.5. The SMILES string of the molecule is CC(C)(C)OC(=O)NCc1cccc(-n2nc(C(F)(F)F)cc2C(=O)Nc2cccc(C(NCC3CC3)c3ccc(OCc4ccccc4)c(Br)c3)c2)c1. The zero-order valence-corrected chi connectivity index (χ0v) is 31.6. The summed E-state index contributed by atoms with van der Waals surface area (Å²) in [6.07, 6.45) is -3.13. The Hall–Kier alpha value is -5.14. The Bertz CT molecular complexity index is 2090. The van der Waals surface area contributed by atoms with Gasteiger partial charge in [0.15, 0.2) is 5.69 Å². The van der Waals surface area contributed by atoms with Crippen LogP contribution in [0.25, 0.3) is 5.69 Å². The molecule has 2 amide bonds. The van der Waals surface area contributed by atoms with Crippen molar-refractivity contribution in [3.63, 3.8) is 0 Å². The van der Waals surface area contributed by atoms with Crippen LogP contribution in [-0.4, -0.2) is 33.9 Å². The van der Waals surface area contributed by atoms with E-state index >= 15 is 0 Å². The van der Waals surface area contributed by atoms with Gasteiger partial charge < -0.3 is 25.4 Å². The van der Waals surface area contributed by atoms with Crippen molar-refractivity contribution in [1.29, 1.82) is 0 Å². The highest BCUT2D eigenvalue weighted by Gasteiger charge is 2.36. The van der Waals surface area contributed by atoms with Crippen LogP contribution in [0.5, 0.6) is 5.75 Å². The van der Waals surface area contributed by atoms with Crippen LogP contribution in [0.3, 0.4) is 0 Å². The third-order valence-corrected chi connectivity index (χ3v) is 9.15. The smallest absolute Gasteiger partial charge is 0.435 e. The van der Waals surface area contributed by atoms with Gasteiger partial charge in [0.05, 0.1) is 16.2 Å². The summed E-state index contributed by atoms with van der Waals surface area (Å²) in [5, 5.41) is 12.9. The molecular weight excluding hydrogens is 763 g/mol. The summed E-state index contributed by atoms with van der Waals surface area (Å²) < 4.78 is 54.9. The van der Waals surface area contributed by atoms with E-state index in [-0.39, 0.29) is 24.0 Å². The average molecular weight is 805 g/mol. The minimum Gasteiger partial charge on any atom is -0.488 e. The van der Waals surface area contributed by atoms with Crippen LogP contribution in [0.15, 0.2) is 108 Å². The molecular formula is C41H41BrF3N5O4. The van der Waals surface area contributed by atoms with Gasteiger partial charge in [-0.1, -0.05) is 60.7 Å². The number of rotatable bonds is 13. The number of halogens is 4. The molecule has 1 fully saturated rings. The molecule has 0 radical (unpaired) electrons. The van der Waals surface area contributed by atoms with Gasteiger partial charge in [-0.25, -0.2) is 9.48 Å². The van der Waals surface area contributed by atoms with Gasteiger partial charge in [-0.05, 0) is 121 Å². The largest absolute Gasteiger partial charge is 0.488 e. The number of carbonyl (C=O) groups is 2. The number of anilines is 1. The standard InChI is InChI=1S/C41H41BrF3N5O4/c1-40(2,3)54-39(52)47-24-28-11-7-14-32(19-28)50-34(22-36(49-50)41(43,44)45)38(51)48-31-13-8-12-29(20-31)37(46-23-26-15-16-26)30-17-18-35(33(42)21-30)53-25-27-9-5-4-6-10-27/h4-14,17-22,26,37,46H,15-16,23-25H2,1-3H3,(H,47,52)(H,48,51). The van der Waals surface area contributed by atoms with E-state index < -0.39 is 29.5 Å². The number of alkyl halides is 3. The molecule has 1 heterocycles. The van der Waals surface area contributed by atoms with Gasteiger partial charge in [0, 0.05) is 18.3 Å². The Morgan fingerprint density at radius 3 is 2.31 bits per heavy atom. The normalized spacial score (nSPS) is 13.6. The molecule has 54 heavy (non-hydrogen) atoms. The monoisotopic (exact) mass is 803 g/mol. The molecule has 13 heteroatoms. The molecule has 3 N–H and O–H groups in total. The average Bonchev–Trinajstić information content (AvgIpc) is 3.83. The topological polar surface area (TPSA) is 107 Å². The number of alkyl carbamates (subject to hydrolysis) is 1. The maximum absolute atomic E-state index is 13.9. The molecule has 4 aromatic carbocycles. The molecule has 6 rings (SSSR count). The fourth-order valence-electron chi connectivity index (χ4n) is 5.74. The fourth-order valence-corrected chi connectivity index (χ4v) is 6.25. The fraction of sp³-hybridized carbons (Fsp3) is 0.293. The van der Waals surface area contributed by atoms with Crippen LogP contribution in [0.2, 0.25) is 0 Å².